The number of amides is 1. The second-order valence-corrected chi connectivity index (χ2v) is 4.89. The van der Waals surface area contributed by atoms with Crippen LogP contribution in [0.1, 0.15) is 39.2 Å². The fourth-order valence-corrected chi connectivity index (χ4v) is 2.14. The van der Waals surface area contributed by atoms with Gasteiger partial charge in [-0.15, -0.1) is 0 Å². The first kappa shape index (κ1) is 17.2. The van der Waals surface area contributed by atoms with Gasteiger partial charge in [-0.1, -0.05) is 20.3 Å². The van der Waals surface area contributed by atoms with Crippen LogP contribution < -0.4 is 15.5 Å². The molecule has 118 valence electrons. The smallest absolute Gasteiger partial charge is 0.239 e. The summed E-state index contributed by atoms with van der Waals surface area (Å²) in [6.45, 7) is 8.21. The van der Waals surface area contributed by atoms with Crippen LogP contribution in [0.25, 0.3) is 0 Å². The summed E-state index contributed by atoms with van der Waals surface area (Å²) in [5.74, 6) is 1.73. The molecule has 0 aliphatic heterocycles. The highest BCUT2D eigenvalue weighted by Gasteiger charge is 2.17. The molecule has 0 aliphatic rings. The van der Waals surface area contributed by atoms with E-state index in [0.717, 1.165) is 49.6 Å². The number of likely N-dealkylation sites (N-methyl/N-ethyl adjacent to an activating group) is 2. The molecule has 6 heteroatoms. The molecule has 0 bridgehead atoms. The molecule has 21 heavy (non-hydrogen) atoms. The molecular formula is C15H27N5O. The van der Waals surface area contributed by atoms with E-state index in [2.05, 4.69) is 34.4 Å². The molecule has 1 aromatic rings. The Labute approximate surface area is 127 Å². The first-order valence-corrected chi connectivity index (χ1v) is 7.71. The minimum atomic E-state index is -0.0130. The van der Waals surface area contributed by atoms with Gasteiger partial charge in [-0.25, -0.2) is 9.97 Å². The Hall–Kier alpha value is -1.85. The number of hydrogen-bond acceptors (Lipinski definition) is 5. The molecule has 1 rings (SSSR count). The highest BCUT2D eigenvalue weighted by Crippen LogP contribution is 2.24. The van der Waals surface area contributed by atoms with Crippen molar-refractivity contribution >= 4 is 17.5 Å². The van der Waals surface area contributed by atoms with E-state index in [1.807, 2.05) is 11.8 Å². The number of nitrogens with zero attached hydrogens (tertiary/aromatic N) is 3. The zero-order valence-electron chi connectivity index (χ0n) is 13.6. The molecule has 1 heterocycles. The Morgan fingerprint density at radius 3 is 2.57 bits per heavy atom. The predicted octanol–water partition coefficient (Wildman–Crippen LogP) is 1.82. The maximum atomic E-state index is 11.7. The topological polar surface area (TPSA) is 70.2 Å². The van der Waals surface area contributed by atoms with Crippen LogP contribution in [0.3, 0.4) is 0 Å². The molecular weight excluding hydrogens is 266 g/mol. The third-order valence-corrected chi connectivity index (χ3v) is 3.26. The summed E-state index contributed by atoms with van der Waals surface area (Å²) < 4.78 is 0. The number of rotatable bonds is 9. The molecule has 0 radical (unpaired) electrons. The Morgan fingerprint density at radius 1 is 1.24 bits per heavy atom. The highest BCUT2D eigenvalue weighted by molar-refractivity contribution is 5.81. The van der Waals surface area contributed by atoms with E-state index in [4.69, 9.17) is 0 Å². The van der Waals surface area contributed by atoms with Gasteiger partial charge in [0.05, 0.1) is 6.54 Å². The number of anilines is 2. The Morgan fingerprint density at radius 2 is 2.00 bits per heavy atom. The summed E-state index contributed by atoms with van der Waals surface area (Å²) in [5.41, 5.74) is 1.10. The van der Waals surface area contributed by atoms with E-state index in [9.17, 15) is 4.79 Å². The van der Waals surface area contributed by atoms with E-state index < -0.39 is 0 Å². The number of aromatic nitrogens is 2. The monoisotopic (exact) mass is 293 g/mol. The van der Waals surface area contributed by atoms with E-state index in [0.29, 0.717) is 6.54 Å². The molecule has 6 nitrogen and oxygen atoms in total. The van der Waals surface area contributed by atoms with Crippen LogP contribution >= 0.6 is 0 Å². The lowest BCUT2D eigenvalue weighted by Crippen LogP contribution is -2.36. The van der Waals surface area contributed by atoms with Crippen LogP contribution in [0.5, 0.6) is 0 Å². The predicted molar refractivity (Wildman–Crippen MR) is 86.8 cm³/mol. The van der Waals surface area contributed by atoms with E-state index in [1.165, 1.54) is 0 Å². The molecule has 0 aromatic carbocycles. The summed E-state index contributed by atoms with van der Waals surface area (Å²) >= 11 is 0. The molecule has 0 fully saturated rings. The van der Waals surface area contributed by atoms with Crippen molar-refractivity contribution in [2.75, 3.05) is 36.9 Å². The van der Waals surface area contributed by atoms with E-state index >= 15 is 0 Å². The summed E-state index contributed by atoms with van der Waals surface area (Å²) in [6.07, 6.45) is 4.52. The van der Waals surface area contributed by atoms with Crippen molar-refractivity contribution in [1.29, 1.82) is 0 Å². The molecule has 0 aliphatic carbocycles. The van der Waals surface area contributed by atoms with Gasteiger partial charge in [-0.3, -0.25) is 4.79 Å². The summed E-state index contributed by atoms with van der Waals surface area (Å²) in [6, 6.07) is 0. The first-order chi connectivity index (χ1) is 10.2. The zero-order chi connectivity index (χ0) is 15.7. The minimum absolute atomic E-state index is 0.0130. The van der Waals surface area contributed by atoms with Gasteiger partial charge in [0.15, 0.2) is 0 Å². The van der Waals surface area contributed by atoms with Crippen molar-refractivity contribution in [3.05, 3.63) is 11.9 Å². The van der Waals surface area contributed by atoms with Gasteiger partial charge in [-0.2, -0.15) is 0 Å². The molecule has 0 unspecified atom stereocenters. The number of carbonyl (C=O) groups excluding carboxylic acids is 1. The van der Waals surface area contributed by atoms with Gasteiger partial charge in [0.2, 0.25) is 5.91 Å². The molecule has 0 saturated carbocycles. The van der Waals surface area contributed by atoms with E-state index in [1.54, 1.807) is 13.4 Å². The average Bonchev–Trinajstić information content (AvgIpc) is 2.51. The second-order valence-electron chi connectivity index (χ2n) is 4.89. The van der Waals surface area contributed by atoms with Crippen molar-refractivity contribution in [1.82, 2.24) is 15.3 Å². The number of hydrogen-bond donors (Lipinski definition) is 2. The summed E-state index contributed by atoms with van der Waals surface area (Å²) in [4.78, 5) is 22.4. The molecule has 0 atom stereocenters. The quantitative estimate of drug-likeness (QED) is 0.727. The maximum Gasteiger partial charge on any atom is 0.239 e. The minimum Gasteiger partial charge on any atom is -0.370 e. The largest absolute Gasteiger partial charge is 0.370 e. The molecule has 0 spiro atoms. The van der Waals surface area contributed by atoms with Crippen LogP contribution in [0.15, 0.2) is 6.33 Å². The van der Waals surface area contributed by atoms with Gasteiger partial charge in [-0.05, 0) is 19.8 Å². The van der Waals surface area contributed by atoms with Crippen LogP contribution in [0, 0.1) is 0 Å². The van der Waals surface area contributed by atoms with Gasteiger partial charge in [0.25, 0.3) is 0 Å². The van der Waals surface area contributed by atoms with Gasteiger partial charge < -0.3 is 15.5 Å². The molecule has 1 aromatic heterocycles. The Kier molecular flexibility index (Phi) is 7.50. The van der Waals surface area contributed by atoms with Crippen LogP contribution in [-0.2, 0) is 11.2 Å². The fourth-order valence-electron chi connectivity index (χ4n) is 2.14. The van der Waals surface area contributed by atoms with Gasteiger partial charge in [0, 0.05) is 25.7 Å². The van der Waals surface area contributed by atoms with Crippen LogP contribution in [0.2, 0.25) is 0 Å². The SMILES string of the molecule is CCCNc1ncnc(N(CC)CC(=O)NC)c1CCC. The van der Waals surface area contributed by atoms with Crippen LogP contribution in [-0.4, -0.2) is 42.6 Å². The average molecular weight is 293 g/mol. The lowest BCUT2D eigenvalue weighted by atomic mass is 10.1. The molecule has 0 saturated heterocycles. The number of carbonyl (C=O) groups is 1. The van der Waals surface area contributed by atoms with E-state index in [-0.39, 0.29) is 5.91 Å². The fraction of sp³-hybridized carbons (Fsp3) is 0.667. The van der Waals surface area contributed by atoms with Crippen molar-refractivity contribution in [3.63, 3.8) is 0 Å². The van der Waals surface area contributed by atoms with Crippen molar-refractivity contribution < 1.29 is 4.79 Å². The highest BCUT2D eigenvalue weighted by atomic mass is 16.1. The summed E-state index contributed by atoms with van der Waals surface area (Å²) in [7, 11) is 1.65. The zero-order valence-corrected chi connectivity index (χ0v) is 13.6. The Bertz CT molecular complexity index is 450. The standard InChI is InChI=1S/C15H27N5O/c1-5-8-12-14(17-9-6-2)18-11-19-15(12)20(7-3)10-13(21)16-4/h11H,5-10H2,1-4H3,(H,16,21)(H,17,18,19). The summed E-state index contributed by atoms with van der Waals surface area (Å²) in [5, 5.41) is 6.02. The van der Waals surface area contributed by atoms with Crippen molar-refractivity contribution in [2.45, 2.75) is 40.0 Å². The van der Waals surface area contributed by atoms with Crippen molar-refractivity contribution in [2.24, 2.45) is 0 Å². The first-order valence-electron chi connectivity index (χ1n) is 7.71. The second kappa shape index (κ2) is 9.15. The maximum absolute atomic E-state index is 11.7. The van der Waals surface area contributed by atoms with Crippen molar-refractivity contribution in [3.8, 4) is 0 Å². The van der Waals surface area contributed by atoms with Gasteiger partial charge in [0.1, 0.15) is 18.0 Å². The lowest BCUT2D eigenvalue weighted by molar-refractivity contribution is -0.119. The van der Waals surface area contributed by atoms with Crippen LogP contribution in [0.4, 0.5) is 11.6 Å². The normalized spacial score (nSPS) is 10.3. The number of nitrogens with one attached hydrogen (secondary N) is 2. The third kappa shape index (κ3) is 4.88. The third-order valence-electron chi connectivity index (χ3n) is 3.26. The molecule has 2 N–H and O–H groups in total. The van der Waals surface area contributed by atoms with Gasteiger partial charge >= 0.3 is 0 Å². The Balaban J connectivity index is 3.09. The lowest BCUT2D eigenvalue weighted by Gasteiger charge is -2.24. The molecule has 1 amide bonds.